The SMILES string of the molecule is C=Cc1cccc(-c2ccco2)n1. The van der Waals surface area contributed by atoms with Crippen molar-refractivity contribution in [3.05, 3.63) is 48.9 Å². The summed E-state index contributed by atoms with van der Waals surface area (Å²) in [6, 6.07) is 9.47. The summed E-state index contributed by atoms with van der Waals surface area (Å²) < 4.78 is 5.22. The Morgan fingerprint density at radius 3 is 2.85 bits per heavy atom. The number of nitrogens with zero attached hydrogens (tertiary/aromatic N) is 1. The molecule has 2 nitrogen and oxygen atoms in total. The van der Waals surface area contributed by atoms with Crippen LogP contribution in [0.25, 0.3) is 17.5 Å². The number of hydrogen-bond acceptors (Lipinski definition) is 2. The molecule has 2 aromatic heterocycles. The summed E-state index contributed by atoms with van der Waals surface area (Å²) in [6.45, 7) is 3.66. The fraction of sp³-hybridized carbons (Fsp3) is 0. The van der Waals surface area contributed by atoms with E-state index in [1.165, 1.54) is 0 Å². The standard InChI is InChI=1S/C11H9NO/c1-2-9-5-3-6-10(12-9)11-7-4-8-13-11/h2-8H,1H2. The Labute approximate surface area is 76.5 Å². The predicted molar refractivity (Wildman–Crippen MR) is 52.0 cm³/mol. The van der Waals surface area contributed by atoms with Crippen molar-refractivity contribution in [2.24, 2.45) is 0 Å². The minimum Gasteiger partial charge on any atom is -0.463 e. The second kappa shape index (κ2) is 3.27. The van der Waals surface area contributed by atoms with Crippen LogP contribution in [0, 0.1) is 0 Å². The van der Waals surface area contributed by atoms with Crippen LogP contribution in [0.3, 0.4) is 0 Å². The third-order valence-electron chi connectivity index (χ3n) is 1.75. The van der Waals surface area contributed by atoms with Gasteiger partial charge in [0.05, 0.1) is 12.0 Å². The van der Waals surface area contributed by atoms with E-state index in [0.29, 0.717) is 0 Å². The molecule has 0 atom stereocenters. The predicted octanol–water partition coefficient (Wildman–Crippen LogP) is 2.98. The molecule has 2 heterocycles. The van der Waals surface area contributed by atoms with Gasteiger partial charge in [0.25, 0.3) is 0 Å². The van der Waals surface area contributed by atoms with Crippen molar-refractivity contribution in [2.45, 2.75) is 0 Å². The van der Waals surface area contributed by atoms with E-state index in [1.54, 1.807) is 12.3 Å². The molecule has 0 aliphatic rings. The highest BCUT2D eigenvalue weighted by molar-refractivity contribution is 5.54. The van der Waals surface area contributed by atoms with E-state index in [0.717, 1.165) is 17.1 Å². The lowest BCUT2D eigenvalue weighted by Gasteiger charge is -1.96. The Hall–Kier alpha value is -1.83. The van der Waals surface area contributed by atoms with Gasteiger partial charge in [-0.05, 0) is 30.3 Å². The van der Waals surface area contributed by atoms with Gasteiger partial charge in [-0.25, -0.2) is 4.98 Å². The molecule has 0 aromatic carbocycles. The van der Waals surface area contributed by atoms with Gasteiger partial charge < -0.3 is 4.42 Å². The molecule has 0 spiro atoms. The lowest BCUT2D eigenvalue weighted by Crippen LogP contribution is -1.83. The highest BCUT2D eigenvalue weighted by Crippen LogP contribution is 2.17. The molecule has 0 saturated heterocycles. The maximum Gasteiger partial charge on any atom is 0.152 e. The Morgan fingerprint density at radius 2 is 2.15 bits per heavy atom. The molecule has 0 aliphatic carbocycles. The number of rotatable bonds is 2. The molecule has 0 saturated carbocycles. The van der Waals surface area contributed by atoms with Crippen LogP contribution in [0.1, 0.15) is 5.69 Å². The molecule has 2 aromatic rings. The smallest absolute Gasteiger partial charge is 0.152 e. The fourth-order valence-electron chi connectivity index (χ4n) is 1.13. The second-order valence-electron chi connectivity index (χ2n) is 2.63. The number of pyridine rings is 1. The van der Waals surface area contributed by atoms with E-state index in [2.05, 4.69) is 11.6 Å². The van der Waals surface area contributed by atoms with Crippen molar-refractivity contribution in [1.82, 2.24) is 4.98 Å². The van der Waals surface area contributed by atoms with Crippen LogP contribution in [0.2, 0.25) is 0 Å². The molecule has 13 heavy (non-hydrogen) atoms. The van der Waals surface area contributed by atoms with Crippen LogP contribution in [-0.4, -0.2) is 4.98 Å². The summed E-state index contributed by atoms with van der Waals surface area (Å²) in [5.41, 5.74) is 1.69. The molecule has 0 radical (unpaired) electrons. The van der Waals surface area contributed by atoms with Crippen molar-refractivity contribution in [3.63, 3.8) is 0 Å². The molecular formula is C11H9NO. The highest BCUT2D eigenvalue weighted by Gasteiger charge is 2.00. The van der Waals surface area contributed by atoms with Crippen LogP contribution in [0.4, 0.5) is 0 Å². The van der Waals surface area contributed by atoms with Gasteiger partial charge in [0.15, 0.2) is 5.76 Å². The van der Waals surface area contributed by atoms with E-state index in [4.69, 9.17) is 4.42 Å². The number of hydrogen-bond donors (Lipinski definition) is 0. The van der Waals surface area contributed by atoms with Gasteiger partial charge in [0, 0.05) is 0 Å². The third kappa shape index (κ3) is 1.51. The summed E-state index contributed by atoms with van der Waals surface area (Å²) in [5.74, 6) is 0.781. The summed E-state index contributed by atoms with van der Waals surface area (Å²) in [5, 5.41) is 0. The molecule has 0 unspecified atom stereocenters. The average Bonchev–Trinajstić information content (AvgIpc) is 2.71. The molecule has 64 valence electrons. The number of furan rings is 1. The maximum atomic E-state index is 5.22. The number of aromatic nitrogens is 1. The molecule has 0 amide bonds. The molecule has 0 aliphatic heterocycles. The van der Waals surface area contributed by atoms with Crippen LogP contribution in [-0.2, 0) is 0 Å². The second-order valence-corrected chi connectivity index (χ2v) is 2.63. The molecule has 0 N–H and O–H groups in total. The van der Waals surface area contributed by atoms with Crippen molar-refractivity contribution >= 4 is 6.08 Å². The zero-order valence-electron chi connectivity index (χ0n) is 7.10. The van der Waals surface area contributed by atoms with Crippen molar-refractivity contribution in [3.8, 4) is 11.5 Å². The molecule has 2 rings (SSSR count). The van der Waals surface area contributed by atoms with Gasteiger partial charge in [-0.2, -0.15) is 0 Å². The zero-order chi connectivity index (χ0) is 9.10. The summed E-state index contributed by atoms with van der Waals surface area (Å²) in [4.78, 5) is 4.32. The van der Waals surface area contributed by atoms with Gasteiger partial charge >= 0.3 is 0 Å². The topological polar surface area (TPSA) is 26.0 Å². The first kappa shape index (κ1) is 7.80. The van der Waals surface area contributed by atoms with E-state index < -0.39 is 0 Å². The maximum absolute atomic E-state index is 5.22. The molecule has 0 fully saturated rings. The first-order valence-electron chi connectivity index (χ1n) is 4.03. The van der Waals surface area contributed by atoms with Crippen LogP contribution in [0.15, 0.2) is 47.6 Å². The lowest BCUT2D eigenvalue weighted by atomic mass is 10.2. The van der Waals surface area contributed by atoms with Gasteiger partial charge in [0.2, 0.25) is 0 Å². The Bertz CT molecular complexity index is 404. The zero-order valence-corrected chi connectivity index (χ0v) is 7.10. The van der Waals surface area contributed by atoms with Crippen LogP contribution in [0.5, 0.6) is 0 Å². The normalized spacial score (nSPS) is 9.85. The largest absolute Gasteiger partial charge is 0.463 e. The Morgan fingerprint density at radius 1 is 1.23 bits per heavy atom. The van der Waals surface area contributed by atoms with Gasteiger partial charge in [-0.3, -0.25) is 0 Å². The summed E-state index contributed by atoms with van der Waals surface area (Å²) in [6.07, 6.45) is 3.35. The molecule has 2 heteroatoms. The summed E-state index contributed by atoms with van der Waals surface area (Å²) in [7, 11) is 0. The third-order valence-corrected chi connectivity index (χ3v) is 1.75. The molecule has 0 bridgehead atoms. The van der Waals surface area contributed by atoms with E-state index in [1.807, 2.05) is 30.3 Å². The lowest BCUT2D eigenvalue weighted by molar-refractivity contribution is 0.580. The van der Waals surface area contributed by atoms with E-state index in [-0.39, 0.29) is 0 Å². The minimum absolute atomic E-state index is 0.781. The first-order valence-corrected chi connectivity index (χ1v) is 4.03. The first-order chi connectivity index (χ1) is 6.40. The Kier molecular flexibility index (Phi) is 1.96. The monoisotopic (exact) mass is 171 g/mol. The van der Waals surface area contributed by atoms with Gasteiger partial charge in [0.1, 0.15) is 5.69 Å². The molecular weight excluding hydrogens is 162 g/mol. The van der Waals surface area contributed by atoms with Crippen molar-refractivity contribution in [2.75, 3.05) is 0 Å². The summed E-state index contributed by atoms with van der Waals surface area (Å²) >= 11 is 0. The van der Waals surface area contributed by atoms with Gasteiger partial charge in [-0.15, -0.1) is 0 Å². The van der Waals surface area contributed by atoms with Gasteiger partial charge in [-0.1, -0.05) is 12.6 Å². The highest BCUT2D eigenvalue weighted by atomic mass is 16.3. The quantitative estimate of drug-likeness (QED) is 0.694. The average molecular weight is 171 g/mol. The van der Waals surface area contributed by atoms with Crippen LogP contribution < -0.4 is 0 Å². The van der Waals surface area contributed by atoms with E-state index >= 15 is 0 Å². The minimum atomic E-state index is 0.781. The van der Waals surface area contributed by atoms with Crippen molar-refractivity contribution in [1.29, 1.82) is 0 Å². The fourth-order valence-corrected chi connectivity index (χ4v) is 1.13. The van der Waals surface area contributed by atoms with Crippen molar-refractivity contribution < 1.29 is 4.42 Å². The van der Waals surface area contributed by atoms with Crippen LogP contribution >= 0.6 is 0 Å². The Balaban J connectivity index is 2.47. The van der Waals surface area contributed by atoms with E-state index in [9.17, 15) is 0 Å².